The van der Waals surface area contributed by atoms with Crippen LogP contribution in [0, 0.1) is 0 Å². The number of esters is 1. The van der Waals surface area contributed by atoms with Crippen molar-refractivity contribution in [3.63, 3.8) is 0 Å². The van der Waals surface area contributed by atoms with Gasteiger partial charge in [-0.25, -0.2) is 4.79 Å². The van der Waals surface area contributed by atoms with Gasteiger partial charge in [0.25, 0.3) is 5.91 Å². The van der Waals surface area contributed by atoms with E-state index in [1.54, 1.807) is 24.3 Å². The average Bonchev–Trinajstić information content (AvgIpc) is 3.14. The summed E-state index contributed by atoms with van der Waals surface area (Å²) in [5.41, 5.74) is 2.63. The van der Waals surface area contributed by atoms with Crippen molar-refractivity contribution in [2.24, 2.45) is 0 Å². The van der Waals surface area contributed by atoms with Gasteiger partial charge in [0.15, 0.2) is 17.6 Å². The number of benzene rings is 2. The normalized spacial score (nSPS) is 13.9. The Kier molecular flexibility index (Phi) is 5.92. The third-order valence-electron chi connectivity index (χ3n) is 4.49. The molecule has 0 aliphatic carbocycles. The fourth-order valence-corrected chi connectivity index (χ4v) is 2.75. The van der Waals surface area contributed by atoms with Crippen LogP contribution in [0.4, 0.5) is 5.69 Å². The summed E-state index contributed by atoms with van der Waals surface area (Å²) in [4.78, 5) is 24.3. The third-order valence-corrected chi connectivity index (χ3v) is 4.49. The molecule has 0 bridgehead atoms. The van der Waals surface area contributed by atoms with E-state index in [2.05, 4.69) is 26.1 Å². The number of fused-ring (bicyclic) bond motifs is 1. The van der Waals surface area contributed by atoms with Crippen LogP contribution in [0.15, 0.2) is 48.5 Å². The molecule has 0 radical (unpaired) electrons. The number of anilines is 1. The second-order valence-corrected chi connectivity index (χ2v) is 7.84. The second kappa shape index (κ2) is 8.39. The molecule has 6 nitrogen and oxygen atoms in total. The van der Waals surface area contributed by atoms with E-state index in [1.807, 2.05) is 24.3 Å². The first-order valence-electron chi connectivity index (χ1n) is 9.42. The topological polar surface area (TPSA) is 73.9 Å². The lowest BCUT2D eigenvalue weighted by atomic mass is 9.87. The standard InChI is InChI=1S/C23H25NO5/c1-15(22(26)24-18-9-7-17(8-10-18)23(2,3)4)29-21(25)12-6-16-5-11-19-20(13-16)28-14-27-19/h5-13,15H,14H2,1-4H3,(H,24,26)/b12-6+/t15-/m1/s1. The zero-order valence-corrected chi connectivity index (χ0v) is 17.0. The summed E-state index contributed by atoms with van der Waals surface area (Å²) in [5, 5.41) is 2.76. The van der Waals surface area contributed by atoms with Crippen LogP contribution < -0.4 is 14.8 Å². The molecule has 0 spiro atoms. The van der Waals surface area contributed by atoms with Gasteiger partial charge < -0.3 is 19.5 Å². The maximum Gasteiger partial charge on any atom is 0.331 e. The minimum absolute atomic E-state index is 0.0374. The zero-order valence-electron chi connectivity index (χ0n) is 17.0. The number of hydrogen-bond donors (Lipinski definition) is 1. The summed E-state index contributed by atoms with van der Waals surface area (Å²) >= 11 is 0. The summed E-state index contributed by atoms with van der Waals surface area (Å²) in [6.07, 6.45) is 1.95. The summed E-state index contributed by atoms with van der Waals surface area (Å²) in [6.45, 7) is 8.10. The van der Waals surface area contributed by atoms with E-state index < -0.39 is 18.0 Å². The van der Waals surface area contributed by atoms with E-state index in [0.29, 0.717) is 17.2 Å². The number of rotatable bonds is 5. The molecule has 3 rings (SSSR count). The van der Waals surface area contributed by atoms with Crippen molar-refractivity contribution >= 4 is 23.6 Å². The van der Waals surface area contributed by atoms with E-state index in [1.165, 1.54) is 18.6 Å². The first kappa shape index (κ1) is 20.5. The molecule has 29 heavy (non-hydrogen) atoms. The Balaban J connectivity index is 1.53. The lowest BCUT2D eigenvalue weighted by Crippen LogP contribution is -2.29. The molecule has 0 unspecified atom stereocenters. The Morgan fingerprint density at radius 2 is 1.76 bits per heavy atom. The average molecular weight is 395 g/mol. The van der Waals surface area contributed by atoms with Gasteiger partial charge in [-0.15, -0.1) is 0 Å². The molecule has 1 aliphatic rings. The molecular weight excluding hydrogens is 370 g/mol. The molecule has 1 atom stereocenters. The van der Waals surface area contributed by atoms with Crippen LogP contribution in [-0.2, 0) is 19.7 Å². The first-order valence-corrected chi connectivity index (χ1v) is 9.42. The highest BCUT2D eigenvalue weighted by molar-refractivity contribution is 5.96. The van der Waals surface area contributed by atoms with Gasteiger partial charge in [0, 0.05) is 11.8 Å². The summed E-state index contributed by atoms with van der Waals surface area (Å²) in [6, 6.07) is 13.0. The molecule has 1 aliphatic heterocycles. The summed E-state index contributed by atoms with van der Waals surface area (Å²) in [7, 11) is 0. The number of nitrogens with one attached hydrogen (secondary N) is 1. The maximum atomic E-state index is 12.3. The lowest BCUT2D eigenvalue weighted by Gasteiger charge is -2.19. The summed E-state index contributed by atoms with van der Waals surface area (Å²) in [5.74, 6) is 0.308. The number of ether oxygens (including phenoxy) is 3. The second-order valence-electron chi connectivity index (χ2n) is 7.84. The van der Waals surface area contributed by atoms with Crippen molar-refractivity contribution in [1.29, 1.82) is 0 Å². The van der Waals surface area contributed by atoms with Crippen molar-refractivity contribution in [3.8, 4) is 11.5 Å². The van der Waals surface area contributed by atoms with Gasteiger partial charge in [0.05, 0.1) is 0 Å². The molecular formula is C23H25NO5. The van der Waals surface area contributed by atoms with Crippen LogP contribution in [0.25, 0.3) is 6.08 Å². The molecule has 0 saturated carbocycles. The lowest BCUT2D eigenvalue weighted by molar-refractivity contribution is -0.148. The van der Waals surface area contributed by atoms with Crippen LogP contribution in [0.2, 0.25) is 0 Å². The molecule has 0 saturated heterocycles. The van der Waals surface area contributed by atoms with Gasteiger partial charge >= 0.3 is 5.97 Å². The van der Waals surface area contributed by atoms with Gasteiger partial charge in [-0.05, 0) is 53.8 Å². The van der Waals surface area contributed by atoms with Crippen LogP contribution in [0.3, 0.4) is 0 Å². The molecule has 1 amide bonds. The summed E-state index contributed by atoms with van der Waals surface area (Å²) < 4.78 is 15.7. The molecule has 152 valence electrons. The molecule has 1 heterocycles. The van der Waals surface area contributed by atoms with E-state index in [-0.39, 0.29) is 12.2 Å². The van der Waals surface area contributed by atoms with Gasteiger partial charge in [-0.1, -0.05) is 39.0 Å². The van der Waals surface area contributed by atoms with Gasteiger partial charge in [0.2, 0.25) is 6.79 Å². The van der Waals surface area contributed by atoms with Crippen molar-refractivity contribution in [3.05, 3.63) is 59.7 Å². The first-order chi connectivity index (χ1) is 13.7. The van der Waals surface area contributed by atoms with Crippen molar-refractivity contribution < 1.29 is 23.8 Å². The molecule has 0 aromatic heterocycles. The fourth-order valence-electron chi connectivity index (χ4n) is 2.75. The predicted molar refractivity (Wildman–Crippen MR) is 111 cm³/mol. The maximum absolute atomic E-state index is 12.3. The minimum atomic E-state index is -0.925. The van der Waals surface area contributed by atoms with E-state index >= 15 is 0 Å². The van der Waals surface area contributed by atoms with Crippen LogP contribution in [0.1, 0.15) is 38.8 Å². The smallest absolute Gasteiger partial charge is 0.331 e. The zero-order chi connectivity index (χ0) is 21.0. The van der Waals surface area contributed by atoms with E-state index in [9.17, 15) is 9.59 Å². The Morgan fingerprint density at radius 3 is 2.45 bits per heavy atom. The van der Waals surface area contributed by atoms with Crippen molar-refractivity contribution in [2.45, 2.75) is 39.2 Å². The Morgan fingerprint density at radius 1 is 1.07 bits per heavy atom. The minimum Gasteiger partial charge on any atom is -0.454 e. The Labute approximate surface area is 170 Å². The predicted octanol–water partition coefficient (Wildman–Crippen LogP) is 4.30. The monoisotopic (exact) mass is 395 g/mol. The molecule has 2 aromatic carbocycles. The largest absolute Gasteiger partial charge is 0.454 e. The SMILES string of the molecule is C[C@@H](OC(=O)/C=C/c1ccc2c(c1)OCO2)C(=O)Nc1ccc(C(C)(C)C)cc1. The Hall–Kier alpha value is -3.28. The van der Waals surface area contributed by atoms with E-state index in [4.69, 9.17) is 14.2 Å². The van der Waals surface area contributed by atoms with Crippen molar-refractivity contribution in [1.82, 2.24) is 0 Å². The van der Waals surface area contributed by atoms with Crippen LogP contribution in [0.5, 0.6) is 11.5 Å². The van der Waals surface area contributed by atoms with Gasteiger partial charge in [0.1, 0.15) is 0 Å². The number of carbonyl (C=O) groups excluding carboxylic acids is 2. The molecule has 0 fully saturated rings. The molecule has 6 heteroatoms. The molecule has 1 N–H and O–H groups in total. The quantitative estimate of drug-likeness (QED) is 0.604. The van der Waals surface area contributed by atoms with Crippen LogP contribution >= 0.6 is 0 Å². The number of hydrogen-bond acceptors (Lipinski definition) is 5. The van der Waals surface area contributed by atoms with E-state index in [0.717, 1.165) is 5.56 Å². The Bertz CT molecular complexity index is 925. The van der Waals surface area contributed by atoms with Crippen LogP contribution in [-0.4, -0.2) is 24.8 Å². The van der Waals surface area contributed by atoms with Gasteiger partial charge in [-0.3, -0.25) is 4.79 Å². The van der Waals surface area contributed by atoms with Gasteiger partial charge in [-0.2, -0.15) is 0 Å². The highest BCUT2D eigenvalue weighted by atomic mass is 16.7. The number of amides is 1. The highest BCUT2D eigenvalue weighted by Gasteiger charge is 2.18. The highest BCUT2D eigenvalue weighted by Crippen LogP contribution is 2.32. The fraction of sp³-hybridized carbons (Fsp3) is 0.304. The van der Waals surface area contributed by atoms with Crippen molar-refractivity contribution in [2.75, 3.05) is 12.1 Å². The molecule has 2 aromatic rings. The number of carbonyl (C=O) groups is 2. The third kappa shape index (κ3) is 5.38.